The number of hydrogen-bond donors (Lipinski definition) is 0. The van der Waals surface area contributed by atoms with Crippen molar-refractivity contribution in [3.8, 4) is 0 Å². The van der Waals surface area contributed by atoms with Crippen LogP contribution in [0.15, 0.2) is 182 Å². The number of carbonyl (C=O) groups excluding carboxylic acids is 3. The molecule has 0 aliphatic carbocycles. The van der Waals surface area contributed by atoms with Crippen LogP contribution in [0.1, 0.15) is 213 Å². The van der Waals surface area contributed by atoms with Crippen LogP contribution in [0, 0.1) is 0 Å². The smallest absolute Gasteiger partial charge is 0.306 e. The highest BCUT2D eigenvalue weighted by Crippen LogP contribution is 2.12. The Labute approximate surface area is 459 Å². The molecule has 75 heavy (non-hydrogen) atoms. The SMILES string of the molecule is CC/C=C\C/C=C\C/C=C\C/C=C\C/C=C\CCCCCCCC(=O)OCC(COC(=O)CCC/C=C\C/C=C\C/C=C\C/C=C\C/C=C\CC)OC(=O)CCCCC/C=C\C/C=C\C/C=C\C/C=C\C/C=C\CC. The lowest BCUT2D eigenvalue weighted by atomic mass is 10.1. The third-order valence-electron chi connectivity index (χ3n) is 11.4. The van der Waals surface area contributed by atoms with Crippen LogP contribution in [0.2, 0.25) is 0 Å². The lowest BCUT2D eigenvalue weighted by Crippen LogP contribution is -2.30. The molecule has 1 unspecified atom stereocenters. The van der Waals surface area contributed by atoms with Gasteiger partial charge < -0.3 is 14.2 Å². The molecule has 0 aliphatic heterocycles. The molecule has 0 spiro atoms. The maximum absolute atomic E-state index is 12.9. The van der Waals surface area contributed by atoms with Gasteiger partial charge in [0.15, 0.2) is 6.10 Å². The van der Waals surface area contributed by atoms with E-state index in [1.54, 1.807) is 0 Å². The van der Waals surface area contributed by atoms with Gasteiger partial charge in [-0.25, -0.2) is 0 Å². The van der Waals surface area contributed by atoms with Gasteiger partial charge in [0.1, 0.15) is 13.2 Å². The lowest BCUT2D eigenvalue weighted by molar-refractivity contribution is -0.167. The Balaban J connectivity index is 4.62. The zero-order valence-electron chi connectivity index (χ0n) is 47.5. The quantitative estimate of drug-likeness (QED) is 0.0261. The van der Waals surface area contributed by atoms with E-state index in [0.717, 1.165) is 161 Å². The first kappa shape index (κ1) is 69.5. The molecule has 0 aromatic rings. The second-order valence-electron chi connectivity index (χ2n) is 18.4. The molecule has 0 amide bonds. The molecule has 6 heteroatoms. The van der Waals surface area contributed by atoms with Gasteiger partial charge >= 0.3 is 17.9 Å². The maximum Gasteiger partial charge on any atom is 0.306 e. The second-order valence-corrected chi connectivity index (χ2v) is 18.4. The average Bonchev–Trinajstić information content (AvgIpc) is 3.41. The lowest BCUT2D eigenvalue weighted by Gasteiger charge is -2.18. The van der Waals surface area contributed by atoms with Crippen molar-refractivity contribution in [2.75, 3.05) is 13.2 Å². The van der Waals surface area contributed by atoms with Gasteiger partial charge in [0, 0.05) is 19.3 Å². The van der Waals surface area contributed by atoms with E-state index in [1.165, 1.54) is 0 Å². The van der Waals surface area contributed by atoms with Crippen LogP contribution in [0.4, 0.5) is 0 Å². The standard InChI is InChI=1S/C69H104O6/c1-4-7-10-13-16-19-22-25-28-31-33-34-36-38-41-44-47-50-53-56-59-62-68(71)74-65-66(64-73-67(70)61-58-55-52-49-46-43-40-37-30-27-24-21-18-15-12-9-6-3)75-69(72)63-60-57-54-51-48-45-42-39-35-32-29-26-23-20-17-14-11-8-5-2/h7-12,16-21,25-30,33-35,38-41,43,45,48-49,52,66H,4-6,13-15,22-24,31-32,36-37,42,44,46-47,50-51,53-65H2,1-3H3/b10-7-,11-8-,12-9-,19-16-,20-17-,21-18-,28-25-,29-26-,30-27-,34-33-,39-35-,41-38-,43-40-,48-45-,52-49-. The zero-order valence-corrected chi connectivity index (χ0v) is 47.5. The zero-order chi connectivity index (χ0) is 54.3. The van der Waals surface area contributed by atoms with E-state index in [2.05, 4.69) is 203 Å². The van der Waals surface area contributed by atoms with E-state index in [4.69, 9.17) is 14.2 Å². The third-order valence-corrected chi connectivity index (χ3v) is 11.4. The molecule has 416 valence electrons. The summed E-state index contributed by atoms with van der Waals surface area (Å²) in [5, 5.41) is 0. The van der Waals surface area contributed by atoms with Gasteiger partial charge in [-0.3, -0.25) is 14.4 Å². The molecule has 0 radical (unpaired) electrons. The molecule has 1 atom stereocenters. The summed E-state index contributed by atoms with van der Waals surface area (Å²) in [4.78, 5) is 38.2. The Bertz CT molecular complexity index is 1800. The van der Waals surface area contributed by atoms with Gasteiger partial charge in [-0.2, -0.15) is 0 Å². The molecule has 0 aliphatic rings. The molecule has 0 aromatic heterocycles. The van der Waals surface area contributed by atoms with Gasteiger partial charge in [-0.15, -0.1) is 0 Å². The summed E-state index contributed by atoms with van der Waals surface area (Å²) in [5.74, 6) is -1.05. The van der Waals surface area contributed by atoms with Crippen LogP contribution in [-0.4, -0.2) is 37.2 Å². The first-order valence-electron chi connectivity index (χ1n) is 29.3. The van der Waals surface area contributed by atoms with Crippen molar-refractivity contribution < 1.29 is 28.6 Å². The van der Waals surface area contributed by atoms with Crippen molar-refractivity contribution in [2.45, 2.75) is 219 Å². The number of ether oxygens (including phenoxy) is 3. The minimum atomic E-state index is -0.839. The fourth-order valence-electron chi connectivity index (χ4n) is 7.12. The molecule has 0 bridgehead atoms. The minimum Gasteiger partial charge on any atom is -0.462 e. The number of hydrogen-bond acceptors (Lipinski definition) is 6. The fraction of sp³-hybridized carbons (Fsp3) is 0.522. The van der Waals surface area contributed by atoms with Crippen molar-refractivity contribution in [2.24, 2.45) is 0 Å². The van der Waals surface area contributed by atoms with Gasteiger partial charge in [-0.05, 0) is 148 Å². The van der Waals surface area contributed by atoms with E-state index in [1.807, 2.05) is 0 Å². The van der Waals surface area contributed by atoms with Crippen LogP contribution < -0.4 is 0 Å². The largest absolute Gasteiger partial charge is 0.462 e. The third kappa shape index (κ3) is 59.3. The summed E-state index contributed by atoms with van der Waals surface area (Å²) < 4.78 is 16.8. The Morgan fingerprint density at radius 3 is 0.813 bits per heavy atom. The minimum absolute atomic E-state index is 0.130. The van der Waals surface area contributed by atoms with Crippen LogP contribution >= 0.6 is 0 Å². The molecule has 0 rings (SSSR count). The molecule has 0 saturated heterocycles. The Kier molecular flexibility index (Phi) is 56.6. The van der Waals surface area contributed by atoms with Gasteiger partial charge in [0.05, 0.1) is 0 Å². The maximum atomic E-state index is 12.9. The van der Waals surface area contributed by atoms with E-state index >= 15 is 0 Å². The number of esters is 3. The van der Waals surface area contributed by atoms with Gasteiger partial charge in [0.2, 0.25) is 0 Å². The highest BCUT2D eigenvalue weighted by molar-refractivity contribution is 5.71. The van der Waals surface area contributed by atoms with Gasteiger partial charge in [0.25, 0.3) is 0 Å². The summed E-state index contributed by atoms with van der Waals surface area (Å²) in [6.07, 6.45) is 91.7. The fourth-order valence-corrected chi connectivity index (χ4v) is 7.12. The summed E-state index contributed by atoms with van der Waals surface area (Å²) in [5.41, 5.74) is 0. The van der Waals surface area contributed by atoms with E-state index in [0.29, 0.717) is 19.3 Å². The number of unbranched alkanes of at least 4 members (excludes halogenated alkanes) is 9. The van der Waals surface area contributed by atoms with Crippen molar-refractivity contribution in [1.29, 1.82) is 0 Å². The molecular formula is C69H104O6. The van der Waals surface area contributed by atoms with Crippen LogP contribution in [0.3, 0.4) is 0 Å². The van der Waals surface area contributed by atoms with Crippen molar-refractivity contribution in [3.63, 3.8) is 0 Å². The highest BCUT2D eigenvalue weighted by atomic mass is 16.6. The Morgan fingerprint density at radius 1 is 0.267 bits per heavy atom. The first-order chi connectivity index (χ1) is 37.0. The summed E-state index contributed by atoms with van der Waals surface area (Å²) in [6.45, 7) is 6.18. The second kappa shape index (κ2) is 61.1. The topological polar surface area (TPSA) is 78.9 Å². The van der Waals surface area contributed by atoms with Crippen LogP contribution in [-0.2, 0) is 28.6 Å². The Morgan fingerprint density at radius 2 is 0.493 bits per heavy atom. The van der Waals surface area contributed by atoms with Gasteiger partial charge in [-0.1, -0.05) is 229 Å². The molecule has 0 heterocycles. The molecule has 0 N–H and O–H groups in total. The molecule has 0 fully saturated rings. The number of allylic oxidation sites excluding steroid dienone is 30. The highest BCUT2D eigenvalue weighted by Gasteiger charge is 2.19. The molecule has 0 saturated carbocycles. The first-order valence-corrected chi connectivity index (χ1v) is 29.3. The molecular weight excluding hydrogens is 925 g/mol. The van der Waals surface area contributed by atoms with E-state index in [9.17, 15) is 14.4 Å². The summed E-state index contributed by atoms with van der Waals surface area (Å²) >= 11 is 0. The summed E-state index contributed by atoms with van der Waals surface area (Å²) in [7, 11) is 0. The van der Waals surface area contributed by atoms with Crippen LogP contribution in [0.25, 0.3) is 0 Å². The van der Waals surface area contributed by atoms with E-state index in [-0.39, 0.29) is 44.0 Å². The molecule has 0 aromatic carbocycles. The summed E-state index contributed by atoms with van der Waals surface area (Å²) in [6, 6.07) is 0. The van der Waals surface area contributed by atoms with Crippen molar-refractivity contribution >= 4 is 17.9 Å². The van der Waals surface area contributed by atoms with E-state index < -0.39 is 6.10 Å². The normalized spacial score (nSPS) is 13.5. The van der Waals surface area contributed by atoms with Crippen molar-refractivity contribution in [1.82, 2.24) is 0 Å². The van der Waals surface area contributed by atoms with Crippen molar-refractivity contribution in [3.05, 3.63) is 182 Å². The Hall–Kier alpha value is -5.49. The average molecular weight is 1030 g/mol. The molecule has 6 nitrogen and oxygen atoms in total. The predicted octanol–water partition coefficient (Wildman–Crippen LogP) is 20.1. The number of rotatable bonds is 50. The predicted molar refractivity (Wildman–Crippen MR) is 324 cm³/mol. The number of carbonyl (C=O) groups is 3. The van der Waals surface area contributed by atoms with Crippen LogP contribution in [0.5, 0.6) is 0 Å². The monoisotopic (exact) mass is 1030 g/mol.